The van der Waals surface area contributed by atoms with Crippen LogP contribution in [0.25, 0.3) is 0 Å². The van der Waals surface area contributed by atoms with Gasteiger partial charge in [-0.3, -0.25) is 9.59 Å². The highest BCUT2D eigenvalue weighted by molar-refractivity contribution is 7.99. The van der Waals surface area contributed by atoms with Gasteiger partial charge in [0.2, 0.25) is 11.7 Å². The van der Waals surface area contributed by atoms with Gasteiger partial charge in [0, 0.05) is 17.9 Å². The molecule has 0 saturated carbocycles. The standard InChI is InChI=1S/C27H36N2O7S/c1-16(2)10-11-28-25(30)19-15-37-27(17-8-9-20(32-3)21(12-17)33-4)29(19)26(31)18-13-22(34-5)24(36-7)23(14-18)35-6/h8-9,12-14,16,19,27H,10-11,15H2,1-7H3,(H,28,30). The molecule has 1 fully saturated rings. The number of carbonyl (C=O) groups excluding carboxylic acids is 2. The van der Waals surface area contributed by atoms with E-state index in [2.05, 4.69) is 19.2 Å². The summed E-state index contributed by atoms with van der Waals surface area (Å²) in [4.78, 5) is 29.0. The summed E-state index contributed by atoms with van der Waals surface area (Å²) in [7, 11) is 7.62. The van der Waals surface area contributed by atoms with Crippen LogP contribution in [-0.2, 0) is 4.79 Å². The monoisotopic (exact) mass is 532 g/mol. The summed E-state index contributed by atoms with van der Waals surface area (Å²) in [6, 6.07) is 8.06. The van der Waals surface area contributed by atoms with Gasteiger partial charge < -0.3 is 33.9 Å². The van der Waals surface area contributed by atoms with Gasteiger partial charge in [0.05, 0.1) is 35.5 Å². The van der Waals surface area contributed by atoms with Gasteiger partial charge in [-0.05, 0) is 42.2 Å². The quantitative estimate of drug-likeness (QED) is 0.461. The number of nitrogens with zero attached hydrogens (tertiary/aromatic N) is 1. The topological polar surface area (TPSA) is 95.6 Å². The number of methoxy groups -OCH3 is 5. The highest BCUT2D eigenvalue weighted by atomic mass is 32.2. The fourth-order valence-corrected chi connectivity index (χ4v) is 5.59. The first kappa shape index (κ1) is 28.3. The van der Waals surface area contributed by atoms with E-state index >= 15 is 0 Å². The maximum atomic E-state index is 14.1. The van der Waals surface area contributed by atoms with Crippen molar-refractivity contribution in [2.45, 2.75) is 31.7 Å². The van der Waals surface area contributed by atoms with E-state index in [1.165, 1.54) is 33.1 Å². The van der Waals surface area contributed by atoms with Crippen LogP contribution in [0, 0.1) is 5.92 Å². The SMILES string of the molecule is COc1ccc(C2SCC(C(=O)NCCC(C)C)N2C(=O)c2cc(OC)c(OC)c(OC)c2)cc1OC. The van der Waals surface area contributed by atoms with Gasteiger partial charge in [0.25, 0.3) is 5.91 Å². The number of benzene rings is 2. The molecule has 1 heterocycles. The first-order valence-electron chi connectivity index (χ1n) is 12.0. The summed E-state index contributed by atoms with van der Waals surface area (Å²) in [6.45, 7) is 4.75. The number of nitrogens with one attached hydrogen (secondary N) is 1. The molecule has 2 amide bonds. The number of rotatable bonds is 11. The third-order valence-corrected chi connectivity index (χ3v) is 7.49. The van der Waals surface area contributed by atoms with E-state index in [0.29, 0.717) is 52.5 Å². The molecule has 0 spiro atoms. The van der Waals surface area contributed by atoms with Crippen molar-refractivity contribution in [1.29, 1.82) is 0 Å². The van der Waals surface area contributed by atoms with E-state index < -0.39 is 11.4 Å². The van der Waals surface area contributed by atoms with E-state index in [4.69, 9.17) is 23.7 Å². The Morgan fingerprint density at radius 1 is 0.919 bits per heavy atom. The van der Waals surface area contributed by atoms with E-state index in [0.717, 1.165) is 12.0 Å². The van der Waals surface area contributed by atoms with Crippen molar-refractivity contribution in [3.63, 3.8) is 0 Å². The van der Waals surface area contributed by atoms with E-state index in [9.17, 15) is 9.59 Å². The Kier molecular flexibility index (Phi) is 9.79. The molecule has 2 unspecified atom stereocenters. The molecule has 0 bridgehead atoms. The second-order valence-corrected chi connectivity index (χ2v) is 10.0. The van der Waals surface area contributed by atoms with Crippen LogP contribution in [0.1, 0.15) is 41.6 Å². The van der Waals surface area contributed by atoms with Crippen LogP contribution in [0.3, 0.4) is 0 Å². The minimum absolute atomic E-state index is 0.183. The van der Waals surface area contributed by atoms with Crippen LogP contribution in [0.2, 0.25) is 0 Å². The number of hydrogen-bond donors (Lipinski definition) is 1. The smallest absolute Gasteiger partial charge is 0.256 e. The summed E-state index contributed by atoms with van der Waals surface area (Å²) in [6.07, 6.45) is 0.853. The fourth-order valence-electron chi connectivity index (χ4n) is 4.18. The maximum absolute atomic E-state index is 14.1. The van der Waals surface area contributed by atoms with E-state index in [1.807, 2.05) is 12.1 Å². The average Bonchev–Trinajstić information content (AvgIpc) is 3.36. The number of amides is 2. The average molecular weight is 533 g/mol. The van der Waals surface area contributed by atoms with Crippen LogP contribution >= 0.6 is 11.8 Å². The zero-order valence-electron chi connectivity index (χ0n) is 22.5. The molecule has 0 radical (unpaired) electrons. The first-order chi connectivity index (χ1) is 17.8. The van der Waals surface area contributed by atoms with Gasteiger partial charge in [-0.2, -0.15) is 0 Å². The molecular formula is C27H36N2O7S. The minimum atomic E-state index is -0.665. The van der Waals surface area contributed by atoms with Gasteiger partial charge in [0.15, 0.2) is 23.0 Å². The number of hydrogen-bond acceptors (Lipinski definition) is 8. The molecule has 2 aromatic rings. The van der Waals surface area contributed by atoms with Gasteiger partial charge >= 0.3 is 0 Å². The highest BCUT2D eigenvalue weighted by Gasteiger charge is 2.43. The second kappa shape index (κ2) is 12.8. The lowest BCUT2D eigenvalue weighted by Gasteiger charge is -2.30. The fraction of sp³-hybridized carbons (Fsp3) is 0.481. The summed E-state index contributed by atoms with van der Waals surface area (Å²) in [5, 5.41) is 2.58. The molecule has 37 heavy (non-hydrogen) atoms. The third-order valence-electron chi connectivity index (χ3n) is 6.16. The molecule has 202 valence electrons. The second-order valence-electron chi connectivity index (χ2n) is 8.92. The Morgan fingerprint density at radius 2 is 1.54 bits per heavy atom. The van der Waals surface area contributed by atoms with Gasteiger partial charge in [0.1, 0.15) is 11.4 Å². The summed E-state index contributed by atoms with van der Waals surface area (Å²) in [5.41, 5.74) is 1.14. The molecule has 10 heteroatoms. The van der Waals surface area contributed by atoms with Crippen molar-refractivity contribution in [2.24, 2.45) is 5.92 Å². The molecule has 0 aromatic heterocycles. The summed E-state index contributed by atoms with van der Waals surface area (Å²) < 4.78 is 27.2. The molecule has 1 N–H and O–H groups in total. The van der Waals surface area contributed by atoms with Gasteiger partial charge in [-0.1, -0.05) is 19.9 Å². The highest BCUT2D eigenvalue weighted by Crippen LogP contribution is 2.46. The Hall–Kier alpha value is -3.27. The van der Waals surface area contributed by atoms with Crippen LogP contribution in [0.4, 0.5) is 0 Å². The zero-order valence-corrected chi connectivity index (χ0v) is 23.3. The molecule has 1 aliphatic rings. The molecular weight excluding hydrogens is 496 g/mol. The van der Waals surface area contributed by atoms with Crippen LogP contribution < -0.4 is 29.0 Å². The Bertz CT molecular complexity index is 1080. The third kappa shape index (κ3) is 6.18. The summed E-state index contributed by atoms with van der Waals surface area (Å²) >= 11 is 1.52. The van der Waals surface area contributed by atoms with E-state index in [1.54, 1.807) is 37.3 Å². The lowest BCUT2D eigenvalue weighted by Crippen LogP contribution is -2.48. The van der Waals surface area contributed by atoms with Crippen molar-refractivity contribution in [1.82, 2.24) is 10.2 Å². The Morgan fingerprint density at radius 3 is 2.08 bits per heavy atom. The molecule has 1 saturated heterocycles. The van der Waals surface area contributed by atoms with Gasteiger partial charge in [-0.25, -0.2) is 0 Å². The first-order valence-corrected chi connectivity index (χ1v) is 13.1. The molecule has 3 rings (SSSR count). The van der Waals surface area contributed by atoms with E-state index in [-0.39, 0.29) is 11.8 Å². The van der Waals surface area contributed by atoms with Crippen LogP contribution in [0.5, 0.6) is 28.7 Å². The zero-order chi connectivity index (χ0) is 27.1. The summed E-state index contributed by atoms with van der Waals surface area (Å²) in [5.74, 6) is 2.62. The number of ether oxygens (including phenoxy) is 5. The lowest BCUT2D eigenvalue weighted by atomic mass is 10.1. The molecule has 1 aliphatic heterocycles. The van der Waals surface area contributed by atoms with Crippen LogP contribution in [-0.4, -0.2) is 70.6 Å². The van der Waals surface area contributed by atoms with Crippen molar-refractivity contribution in [3.05, 3.63) is 41.5 Å². The normalized spacial score (nSPS) is 16.9. The number of carbonyl (C=O) groups is 2. The molecule has 0 aliphatic carbocycles. The van der Waals surface area contributed by atoms with Crippen molar-refractivity contribution in [2.75, 3.05) is 47.8 Å². The largest absolute Gasteiger partial charge is 0.493 e. The van der Waals surface area contributed by atoms with Crippen molar-refractivity contribution in [3.8, 4) is 28.7 Å². The Balaban J connectivity index is 2.04. The maximum Gasteiger partial charge on any atom is 0.256 e. The van der Waals surface area contributed by atoms with Gasteiger partial charge in [-0.15, -0.1) is 11.8 Å². The molecule has 9 nitrogen and oxygen atoms in total. The predicted molar refractivity (Wildman–Crippen MR) is 143 cm³/mol. The Labute approximate surface area is 222 Å². The lowest BCUT2D eigenvalue weighted by molar-refractivity contribution is -0.124. The van der Waals surface area contributed by atoms with Crippen molar-refractivity contribution >= 4 is 23.6 Å². The predicted octanol–water partition coefficient (Wildman–Crippen LogP) is 4.15. The molecule has 2 aromatic carbocycles. The van der Waals surface area contributed by atoms with Crippen molar-refractivity contribution < 1.29 is 33.3 Å². The number of thioether (sulfide) groups is 1. The molecule has 2 atom stereocenters. The minimum Gasteiger partial charge on any atom is -0.493 e. The van der Waals surface area contributed by atoms with Crippen LogP contribution in [0.15, 0.2) is 30.3 Å².